The maximum Gasteiger partial charge on any atom is 0.307 e. The number of aromatic nitrogens is 1. The zero-order chi connectivity index (χ0) is 14.8. The summed E-state index contributed by atoms with van der Waals surface area (Å²) in [6, 6.07) is 0.429. The number of carbonyl (C=O) groups excluding carboxylic acids is 1. The van der Waals surface area contributed by atoms with Crippen molar-refractivity contribution in [1.82, 2.24) is 9.47 Å². The summed E-state index contributed by atoms with van der Waals surface area (Å²) >= 11 is 1.20. The molecule has 1 aromatic heterocycles. The normalized spacial score (nSPS) is 21.7. The quantitative estimate of drug-likeness (QED) is 0.802. The Morgan fingerprint density at radius 2 is 2.29 bits per heavy atom. The van der Waals surface area contributed by atoms with Gasteiger partial charge in [-0.1, -0.05) is 11.3 Å². The molecule has 1 amide bonds. The van der Waals surface area contributed by atoms with Gasteiger partial charge in [0, 0.05) is 49.2 Å². The lowest BCUT2D eigenvalue weighted by molar-refractivity contribution is -0.132. The van der Waals surface area contributed by atoms with E-state index in [1.54, 1.807) is 4.57 Å². The Hall–Kier alpha value is -1.14. The van der Waals surface area contributed by atoms with Crippen molar-refractivity contribution in [2.45, 2.75) is 45.2 Å². The number of thiazole rings is 1. The summed E-state index contributed by atoms with van der Waals surface area (Å²) in [6.07, 6.45) is 3.72. The van der Waals surface area contributed by atoms with Gasteiger partial charge in [0.15, 0.2) is 0 Å². The molecule has 1 saturated heterocycles. The van der Waals surface area contributed by atoms with Crippen molar-refractivity contribution in [3.05, 3.63) is 20.7 Å². The zero-order valence-electron chi connectivity index (χ0n) is 12.4. The number of aryl methyl sites for hydroxylation is 1. The Kier molecular flexibility index (Phi) is 4.45. The Bertz CT molecular complexity index is 556. The highest BCUT2D eigenvalue weighted by Crippen LogP contribution is 2.29. The van der Waals surface area contributed by atoms with Crippen LogP contribution >= 0.6 is 11.3 Å². The van der Waals surface area contributed by atoms with E-state index in [4.69, 9.17) is 4.74 Å². The molecule has 2 fully saturated rings. The monoisotopic (exact) mass is 310 g/mol. The second-order valence-electron chi connectivity index (χ2n) is 6.05. The van der Waals surface area contributed by atoms with Gasteiger partial charge in [-0.15, -0.1) is 0 Å². The number of rotatable bonds is 6. The minimum Gasteiger partial charge on any atom is -0.381 e. The number of carbonyl (C=O) groups is 1. The largest absolute Gasteiger partial charge is 0.381 e. The van der Waals surface area contributed by atoms with Crippen LogP contribution in [0.5, 0.6) is 0 Å². The molecule has 1 atom stereocenters. The molecule has 3 rings (SSSR count). The van der Waals surface area contributed by atoms with Gasteiger partial charge in [-0.05, 0) is 26.2 Å². The summed E-state index contributed by atoms with van der Waals surface area (Å²) in [4.78, 5) is 26.3. The molecular weight excluding hydrogens is 288 g/mol. The van der Waals surface area contributed by atoms with Gasteiger partial charge in [-0.3, -0.25) is 9.59 Å². The lowest BCUT2D eigenvalue weighted by Gasteiger charge is -2.25. The molecule has 2 aliphatic rings. The van der Waals surface area contributed by atoms with Crippen molar-refractivity contribution in [2.75, 3.05) is 19.8 Å². The Balaban J connectivity index is 1.58. The molecule has 116 valence electrons. The zero-order valence-corrected chi connectivity index (χ0v) is 13.2. The highest BCUT2D eigenvalue weighted by atomic mass is 32.1. The van der Waals surface area contributed by atoms with E-state index in [1.807, 2.05) is 17.2 Å². The third-order valence-corrected chi connectivity index (χ3v) is 5.19. The van der Waals surface area contributed by atoms with E-state index in [0.717, 1.165) is 44.7 Å². The minimum absolute atomic E-state index is 0.0301. The van der Waals surface area contributed by atoms with Crippen LogP contribution in [0.25, 0.3) is 0 Å². The average molecular weight is 310 g/mol. The van der Waals surface area contributed by atoms with Gasteiger partial charge in [0.1, 0.15) is 0 Å². The molecule has 1 aliphatic carbocycles. The van der Waals surface area contributed by atoms with Crippen LogP contribution in [0.1, 0.15) is 31.4 Å². The summed E-state index contributed by atoms with van der Waals surface area (Å²) in [5.74, 6) is 0.669. The van der Waals surface area contributed by atoms with Crippen LogP contribution in [0, 0.1) is 12.8 Å². The second-order valence-corrected chi connectivity index (χ2v) is 6.87. The molecule has 2 heterocycles. The van der Waals surface area contributed by atoms with Crippen LogP contribution in [0.2, 0.25) is 0 Å². The molecule has 1 saturated carbocycles. The van der Waals surface area contributed by atoms with Gasteiger partial charge in [0.25, 0.3) is 0 Å². The molecule has 21 heavy (non-hydrogen) atoms. The Morgan fingerprint density at radius 3 is 2.86 bits per heavy atom. The standard InChI is InChI=1S/C15H22N2O3S/c1-11-10-21-15(19)16(11)6-4-14(18)17(13-2-3-13)8-12-5-7-20-9-12/h10,12-13H,2-9H2,1H3/t12-/m1/s1. The summed E-state index contributed by atoms with van der Waals surface area (Å²) in [5, 5.41) is 1.85. The first kappa shape index (κ1) is 14.8. The van der Waals surface area contributed by atoms with E-state index in [2.05, 4.69) is 0 Å². The highest BCUT2D eigenvalue weighted by Gasteiger charge is 2.34. The molecule has 0 unspecified atom stereocenters. The van der Waals surface area contributed by atoms with Gasteiger partial charge in [0.2, 0.25) is 5.91 Å². The summed E-state index contributed by atoms with van der Waals surface area (Å²) in [6.45, 7) is 4.83. The fraction of sp³-hybridized carbons (Fsp3) is 0.733. The predicted molar refractivity (Wildman–Crippen MR) is 81.6 cm³/mol. The third kappa shape index (κ3) is 3.55. The van der Waals surface area contributed by atoms with Gasteiger partial charge < -0.3 is 14.2 Å². The summed E-state index contributed by atoms with van der Waals surface area (Å²) in [7, 11) is 0. The highest BCUT2D eigenvalue weighted by molar-refractivity contribution is 7.07. The van der Waals surface area contributed by atoms with Crippen molar-refractivity contribution < 1.29 is 9.53 Å². The van der Waals surface area contributed by atoms with E-state index in [0.29, 0.717) is 24.9 Å². The average Bonchev–Trinajstić information content (AvgIpc) is 3.08. The fourth-order valence-corrected chi connectivity index (χ4v) is 3.63. The maximum atomic E-state index is 12.5. The van der Waals surface area contributed by atoms with E-state index in [1.165, 1.54) is 11.3 Å². The number of amides is 1. The van der Waals surface area contributed by atoms with Gasteiger partial charge >= 0.3 is 4.87 Å². The number of nitrogens with zero attached hydrogens (tertiary/aromatic N) is 2. The summed E-state index contributed by atoms with van der Waals surface area (Å²) in [5.41, 5.74) is 0.944. The molecule has 1 aliphatic heterocycles. The van der Waals surface area contributed by atoms with Crippen LogP contribution in [0.4, 0.5) is 0 Å². The molecule has 6 heteroatoms. The molecule has 0 aromatic carbocycles. The van der Waals surface area contributed by atoms with Crippen LogP contribution in [0.3, 0.4) is 0 Å². The van der Waals surface area contributed by atoms with E-state index in [-0.39, 0.29) is 10.8 Å². The number of hydrogen-bond donors (Lipinski definition) is 0. The van der Waals surface area contributed by atoms with Crippen molar-refractivity contribution in [1.29, 1.82) is 0 Å². The van der Waals surface area contributed by atoms with Crippen molar-refractivity contribution in [3.8, 4) is 0 Å². The maximum absolute atomic E-state index is 12.5. The van der Waals surface area contributed by atoms with Crippen LogP contribution < -0.4 is 4.87 Å². The van der Waals surface area contributed by atoms with Gasteiger partial charge in [-0.25, -0.2) is 0 Å². The van der Waals surface area contributed by atoms with E-state index in [9.17, 15) is 9.59 Å². The van der Waals surface area contributed by atoms with Gasteiger partial charge in [-0.2, -0.15) is 0 Å². The first-order chi connectivity index (χ1) is 10.1. The minimum atomic E-state index is 0.0301. The smallest absolute Gasteiger partial charge is 0.307 e. The Labute approximate surface area is 128 Å². The molecule has 0 radical (unpaired) electrons. The molecule has 0 spiro atoms. The first-order valence-electron chi connectivity index (χ1n) is 7.67. The van der Waals surface area contributed by atoms with Crippen LogP contribution in [-0.2, 0) is 16.1 Å². The van der Waals surface area contributed by atoms with Crippen molar-refractivity contribution >= 4 is 17.2 Å². The molecule has 5 nitrogen and oxygen atoms in total. The lowest BCUT2D eigenvalue weighted by atomic mass is 10.1. The molecular formula is C15H22N2O3S. The third-order valence-electron chi connectivity index (χ3n) is 4.31. The van der Waals surface area contributed by atoms with E-state index >= 15 is 0 Å². The SMILES string of the molecule is Cc1csc(=O)n1CCC(=O)N(C[C@H]1CCOC1)C1CC1. The fourth-order valence-electron chi connectivity index (χ4n) is 2.87. The molecule has 0 bridgehead atoms. The van der Waals surface area contributed by atoms with Crippen LogP contribution in [0.15, 0.2) is 10.2 Å². The molecule has 0 N–H and O–H groups in total. The van der Waals surface area contributed by atoms with Crippen molar-refractivity contribution in [2.24, 2.45) is 5.92 Å². The van der Waals surface area contributed by atoms with Crippen LogP contribution in [-0.4, -0.2) is 41.2 Å². The predicted octanol–water partition coefficient (Wildman–Crippen LogP) is 1.64. The topological polar surface area (TPSA) is 51.5 Å². The second kappa shape index (κ2) is 6.32. The van der Waals surface area contributed by atoms with Crippen molar-refractivity contribution in [3.63, 3.8) is 0 Å². The lowest BCUT2D eigenvalue weighted by Crippen LogP contribution is -2.38. The molecule has 1 aromatic rings. The number of hydrogen-bond acceptors (Lipinski definition) is 4. The van der Waals surface area contributed by atoms with Gasteiger partial charge in [0.05, 0.1) is 6.61 Å². The summed E-state index contributed by atoms with van der Waals surface area (Å²) < 4.78 is 7.11. The van der Waals surface area contributed by atoms with E-state index < -0.39 is 0 Å². The first-order valence-corrected chi connectivity index (χ1v) is 8.55. The number of ether oxygens (including phenoxy) is 1. The Morgan fingerprint density at radius 1 is 1.48 bits per heavy atom.